The molecule has 1 aliphatic carbocycles. The largest absolute Gasteiger partial charge is 0.457 e. The standard InChI is InChI=1S/C79H70N4O/c1-76(2,3)54-35-37-55(38-36-54)79(68-31-18-16-29-62(68)63-41-39-56(47-69(63)79)77(4,5)6)58-45-66(52-23-12-10-13-24-52)75(67(46-58)53-25-14-11-15-26-53)82-51-81(71-33-20-21-34-72(71)82)59-27-22-28-60(49-59)84-61-40-42-65-64-30-17-19-32-70(64)83(73(65)50-61)74-48-57(43-44-80-74)78(7,8)9/h10-50H,51H2,1-9H3. The van der Waals surface area contributed by atoms with Gasteiger partial charge >= 0.3 is 0 Å². The smallest absolute Gasteiger partial charge is 0.137 e. The van der Waals surface area contributed by atoms with Gasteiger partial charge in [-0.15, -0.1) is 0 Å². The van der Waals surface area contributed by atoms with Crippen LogP contribution < -0.4 is 14.5 Å². The van der Waals surface area contributed by atoms with Gasteiger partial charge in [-0.25, -0.2) is 4.98 Å². The van der Waals surface area contributed by atoms with Gasteiger partial charge in [-0.05, 0) is 144 Å². The van der Waals surface area contributed by atoms with E-state index in [9.17, 15) is 0 Å². The minimum Gasteiger partial charge on any atom is -0.457 e. The van der Waals surface area contributed by atoms with Gasteiger partial charge < -0.3 is 14.5 Å². The third kappa shape index (κ3) is 8.79. The van der Waals surface area contributed by atoms with Crippen LogP contribution in [0, 0.1) is 0 Å². The lowest BCUT2D eigenvalue weighted by Crippen LogP contribution is -2.30. The monoisotopic (exact) mass is 1090 g/mol. The molecule has 0 saturated carbocycles. The zero-order chi connectivity index (χ0) is 57.7. The van der Waals surface area contributed by atoms with Crippen molar-refractivity contribution in [3.63, 3.8) is 0 Å². The van der Waals surface area contributed by atoms with E-state index in [-0.39, 0.29) is 16.2 Å². The first-order chi connectivity index (χ1) is 40.5. The lowest BCUT2D eigenvalue weighted by Gasteiger charge is -2.37. The van der Waals surface area contributed by atoms with Crippen molar-refractivity contribution in [2.75, 3.05) is 16.5 Å². The van der Waals surface area contributed by atoms with Gasteiger partial charge in [-0.1, -0.05) is 226 Å². The Morgan fingerprint density at radius 2 is 0.964 bits per heavy atom. The van der Waals surface area contributed by atoms with E-state index in [2.05, 4.69) is 319 Å². The Balaban J connectivity index is 0.931. The normalized spacial score (nSPS) is 14.9. The van der Waals surface area contributed by atoms with Crippen LogP contribution in [0.4, 0.5) is 22.7 Å². The third-order valence-corrected chi connectivity index (χ3v) is 17.7. The van der Waals surface area contributed by atoms with E-state index in [4.69, 9.17) is 9.72 Å². The number of aromatic nitrogens is 2. The van der Waals surface area contributed by atoms with Crippen molar-refractivity contribution in [1.29, 1.82) is 0 Å². The zero-order valence-corrected chi connectivity index (χ0v) is 49.6. The molecule has 0 bridgehead atoms. The SMILES string of the molecule is CC(C)(C)c1ccc(C2(c3cc(-c4ccccc4)c(N4CN(c5cccc(Oc6ccc7c8ccccc8n(-c8cc(C(C)(C)C)ccn8)c7c6)c5)c5ccccc54)c(-c4ccccc4)c3)c3ccccc3-c3ccc(C(C)(C)C)cc32)cc1. The number of pyridine rings is 1. The molecule has 2 aliphatic rings. The van der Waals surface area contributed by atoms with Crippen LogP contribution in [0.2, 0.25) is 0 Å². The van der Waals surface area contributed by atoms with Gasteiger partial charge in [0.1, 0.15) is 24.0 Å². The number of hydrogen-bond acceptors (Lipinski definition) is 4. The van der Waals surface area contributed by atoms with Crippen molar-refractivity contribution in [3.05, 3.63) is 288 Å². The first kappa shape index (κ1) is 52.6. The summed E-state index contributed by atoms with van der Waals surface area (Å²) in [6.45, 7) is 21.2. The molecule has 1 aliphatic heterocycles. The molecule has 0 amide bonds. The highest BCUT2D eigenvalue weighted by Gasteiger charge is 2.48. The Bertz CT molecular complexity index is 4440. The Morgan fingerprint density at radius 1 is 0.393 bits per heavy atom. The van der Waals surface area contributed by atoms with E-state index in [1.165, 1.54) is 55.5 Å². The number of nitrogens with zero attached hydrogens (tertiary/aromatic N) is 4. The first-order valence-electron chi connectivity index (χ1n) is 29.6. The lowest BCUT2D eigenvalue weighted by molar-refractivity contribution is 0.483. The molecule has 0 fully saturated rings. The predicted octanol–water partition coefficient (Wildman–Crippen LogP) is 20.8. The van der Waals surface area contributed by atoms with Gasteiger partial charge in [0.15, 0.2) is 0 Å². The van der Waals surface area contributed by atoms with Crippen LogP contribution in [0.3, 0.4) is 0 Å². The number of rotatable bonds is 9. The molecule has 10 aromatic carbocycles. The second-order valence-electron chi connectivity index (χ2n) is 26.1. The molecule has 0 N–H and O–H groups in total. The maximum atomic E-state index is 6.94. The minimum atomic E-state index is -0.667. The van der Waals surface area contributed by atoms with Crippen LogP contribution in [0.1, 0.15) is 101 Å². The van der Waals surface area contributed by atoms with Crippen molar-refractivity contribution < 1.29 is 4.74 Å². The molecule has 5 heteroatoms. The number of para-hydroxylation sites is 3. The van der Waals surface area contributed by atoms with Crippen molar-refractivity contribution in [1.82, 2.24) is 9.55 Å². The third-order valence-electron chi connectivity index (χ3n) is 17.7. The van der Waals surface area contributed by atoms with Crippen LogP contribution in [0.15, 0.2) is 249 Å². The summed E-state index contributed by atoms with van der Waals surface area (Å²) in [5.41, 5.74) is 22.0. The molecule has 14 rings (SSSR count). The molecular weight excluding hydrogens is 1020 g/mol. The second kappa shape index (κ2) is 19.9. The topological polar surface area (TPSA) is 33.5 Å². The van der Waals surface area contributed by atoms with Gasteiger partial charge in [0.25, 0.3) is 0 Å². The Labute approximate surface area is 495 Å². The van der Waals surface area contributed by atoms with Gasteiger partial charge in [0.05, 0.1) is 33.5 Å². The van der Waals surface area contributed by atoms with Crippen molar-refractivity contribution in [2.45, 2.75) is 84.0 Å². The average molecular weight is 1090 g/mol. The molecule has 1 unspecified atom stereocenters. The Hall–Kier alpha value is -9.45. The zero-order valence-electron chi connectivity index (χ0n) is 49.6. The number of ether oxygens (including phenoxy) is 1. The molecule has 3 heterocycles. The fourth-order valence-electron chi connectivity index (χ4n) is 13.3. The van der Waals surface area contributed by atoms with E-state index >= 15 is 0 Å². The molecular formula is C79H70N4O. The predicted molar refractivity (Wildman–Crippen MR) is 351 cm³/mol. The summed E-state index contributed by atoms with van der Waals surface area (Å²) in [6.07, 6.45) is 1.93. The summed E-state index contributed by atoms with van der Waals surface area (Å²) in [7, 11) is 0. The Morgan fingerprint density at radius 3 is 1.65 bits per heavy atom. The summed E-state index contributed by atoms with van der Waals surface area (Å²) in [5, 5.41) is 2.33. The molecule has 0 saturated heterocycles. The number of benzene rings is 10. The molecule has 12 aromatic rings. The van der Waals surface area contributed by atoms with Gasteiger partial charge in [0, 0.05) is 45.9 Å². The van der Waals surface area contributed by atoms with Crippen LogP contribution in [-0.4, -0.2) is 16.2 Å². The summed E-state index contributed by atoms with van der Waals surface area (Å²) < 4.78 is 9.21. The Kier molecular flexibility index (Phi) is 12.5. The van der Waals surface area contributed by atoms with Gasteiger partial charge in [-0.2, -0.15) is 0 Å². The molecule has 84 heavy (non-hydrogen) atoms. The van der Waals surface area contributed by atoms with E-state index in [0.717, 1.165) is 78.7 Å². The number of fused-ring (bicyclic) bond motifs is 7. The fourth-order valence-corrected chi connectivity index (χ4v) is 13.3. The van der Waals surface area contributed by atoms with Crippen LogP contribution in [0.5, 0.6) is 11.5 Å². The summed E-state index contributed by atoms with van der Waals surface area (Å²) in [6, 6.07) is 90.0. The first-order valence-corrected chi connectivity index (χ1v) is 29.6. The van der Waals surface area contributed by atoms with Crippen LogP contribution in [-0.2, 0) is 21.7 Å². The van der Waals surface area contributed by atoms with Crippen molar-refractivity contribution in [3.8, 4) is 50.7 Å². The molecule has 412 valence electrons. The maximum Gasteiger partial charge on any atom is 0.137 e. The molecule has 2 aromatic heterocycles. The van der Waals surface area contributed by atoms with Gasteiger partial charge in [0.2, 0.25) is 0 Å². The van der Waals surface area contributed by atoms with E-state index in [1.807, 2.05) is 6.20 Å². The van der Waals surface area contributed by atoms with E-state index in [0.29, 0.717) is 6.67 Å². The highest BCUT2D eigenvalue weighted by atomic mass is 16.5. The molecule has 0 spiro atoms. The van der Waals surface area contributed by atoms with Gasteiger partial charge in [-0.3, -0.25) is 4.57 Å². The maximum absolute atomic E-state index is 6.94. The quantitative estimate of drug-likeness (QED) is 0.144. The van der Waals surface area contributed by atoms with E-state index in [1.54, 1.807) is 0 Å². The van der Waals surface area contributed by atoms with Crippen molar-refractivity contribution in [2.24, 2.45) is 0 Å². The highest BCUT2D eigenvalue weighted by Crippen LogP contribution is 2.60. The molecule has 5 nitrogen and oxygen atoms in total. The fraction of sp³-hybridized carbons (Fsp3) is 0.177. The lowest BCUT2D eigenvalue weighted by atomic mass is 9.65. The number of anilines is 4. The second-order valence-corrected chi connectivity index (χ2v) is 26.1. The molecule has 1 atom stereocenters. The summed E-state index contributed by atoms with van der Waals surface area (Å²) >= 11 is 0. The summed E-state index contributed by atoms with van der Waals surface area (Å²) in [5.74, 6) is 2.40. The minimum absolute atomic E-state index is 0.0102. The van der Waals surface area contributed by atoms with Crippen LogP contribution >= 0.6 is 0 Å². The highest BCUT2D eigenvalue weighted by molar-refractivity contribution is 6.09. The number of hydrogen-bond donors (Lipinski definition) is 0. The summed E-state index contributed by atoms with van der Waals surface area (Å²) in [4.78, 5) is 9.92. The van der Waals surface area contributed by atoms with E-state index < -0.39 is 5.41 Å². The van der Waals surface area contributed by atoms with Crippen molar-refractivity contribution >= 4 is 44.6 Å². The average Bonchev–Trinajstić information content (AvgIpc) is 1.57. The molecule has 0 radical (unpaired) electrons. The van der Waals surface area contributed by atoms with Crippen LogP contribution in [0.25, 0.3) is 61.0 Å².